The highest BCUT2D eigenvalue weighted by molar-refractivity contribution is 5.96. The average Bonchev–Trinajstić information content (AvgIpc) is 2.62. The van der Waals surface area contributed by atoms with E-state index in [-0.39, 0.29) is 11.9 Å². The number of hydrogen-bond donors (Lipinski definition) is 2. The van der Waals surface area contributed by atoms with Crippen molar-refractivity contribution in [1.29, 1.82) is 0 Å². The second-order valence-corrected chi connectivity index (χ2v) is 6.85. The van der Waals surface area contributed by atoms with Crippen LogP contribution >= 0.6 is 0 Å². The molecule has 1 aliphatic heterocycles. The molecule has 6 heteroatoms. The van der Waals surface area contributed by atoms with Crippen LogP contribution in [0.3, 0.4) is 0 Å². The lowest BCUT2D eigenvalue weighted by Crippen LogP contribution is -2.44. The predicted octanol–water partition coefficient (Wildman–Crippen LogP) is 3.25. The van der Waals surface area contributed by atoms with E-state index >= 15 is 0 Å². The van der Waals surface area contributed by atoms with Crippen molar-refractivity contribution in [3.05, 3.63) is 64.7 Å². The first kappa shape index (κ1) is 18.3. The highest BCUT2D eigenvalue weighted by Crippen LogP contribution is 2.17. The first-order chi connectivity index (χ1) is 12.4. The Hall–Kier alpha value is -2.47. The van der Waals surface area contributed by atoms with Crippen LogP contribution in [0, 0.1) is 18.6 Å². The van der Waals surface area contributed by atoms with Gasteiger partial charge in [-0.05, 0) is 55.2 Å². The molecule has 0 spiro atoms. The van der Waals surface area contributed by atoms with Crippen molar-refractivity contribution in [1.82, 2.24) is 10.2 Å². The normalized spacial score (nSPS) is 15.8. The number of halogens is 2. The molecule has 0 atom stereocenters. The molecule has 3 rings (SSSR count). The Bertz CT molecular complexity index is 802. The van der Waals surface area contributed by atoms with Gasteiger partial charge in [-0.1, -0.05) is 12.1 Å². The summed E-state index contributed by atoms with van der Waals surface area (Å²) >= 11 is 0. The molecule has 0 radical (unpaired) electrons. The zero-order valence-electron chi connectivity index (χ0n) is 14.8. The number of aryl methyl sites for hydroxylation is 1. The van der Waals surface area contributed by atoms with E-state index in [1.807, 2.05) is 13.0 Å². The molecule has 0 aliphatic carbocycles. The molecule has 0 bridgehead atoms. The number of anilines is 1. The number of rotatable bonds is 4. The number of carbonyl (C=O) groups excluding carboxylic acids is 1. The van der Waals surface area contributed by atoms with Crippen molar-refractivity contribution in [2.75, 3.05) is 18.8 Å². The summed E-state index contributed by atoms with van der Waals surface area (Å²) in [4.78, 5) is 14.7. The van der Waals surface area contributed by atoms with Gasteiger partial charge in [0.2, 0.25) is 0 Å². The number of amides is 1. The Labute approximate surface area is 152 Å². The second kappa shape index (κ2) is 7.83. The van der Waals surface area contributed by atoms with E-state index in [1.54, 1.807) is 18.2 Å². The van der Waals surface area contributed by atoms with Gasteiger partial charge >= 0.3 is 0 Å². The first-order valence-electron chi connectivity index (χ1n) is 8.75. The monoisotopic (exact) mass is 359 g/mol. The van der Waals surface area contributed by atoms with E-state index in [0.717, 1.165) is 43.1 Å². The summed E-state index contributed by atoms with van der Waals surface area (Å²) < 4.78 is 26.3. The number of hydrogen-bond acceptors (Lipinski definition) is 3. The number of carbonyl (C=O) groups is 1. The van der Waals surface area contributed by atoms with Gasteiger partial charge in [-0.3, -0.25) is 9.69 Å². The first-order valence-corrected chi connectivity index (χ1v) is 8.75. The lowest BCUT2D eigenvalue weighted by Gasteiger charge is -2.32. The lowest BCUT2D eigenvalue weighted by atomic mass is 10.0. The maximum atomic E-state index is 13.3. The summed E-state index contributed by atoms with van der Waals surface area (Å²) in [6, 6.07) is 9.43. The Balaban J connectivity index is 1.52. The minimum absolute atomic E-state index is 0.101. The van der Waals surface area contributed by atoms with Crippen molar-refractivity contribution in [3.8, 4) is 0 Å². The summed E-state index contributed by atoms with van der Waals surface area (Å²) in [5.74, 6) is -1.75. The van der Waals surface area contributed by atoms with Crippen molar-refractivity contribution in [2.24, 2.45) is 0 Å². The number of piperidine rings is 1. The molecule has 26 heavy (non-hydrogen) atoms. The van der Waals surface area contributed by atoms with Crippen LogP contribution < -0.4 is 11.1 Å². The molecule has 0 unspecified atom stereocenters. The maximum absolute atomic E-state index is 13.3. The third-order valence-corrected chi connectivity index (χ3v) is 4.82. The molecular formula is C20H23F2N3O. The third-order valence-electron chi connectivity index (χ3n) is 4.82. The van der Waals surface area contributed by atoms with Crippen LogP contribution in [0.1, 0.15) is 34.3 Å². The van der Waals surface area contributed by atoms with Crippen molar-refractivity contribution in [3.63, 3.8) is 0 Å². The molecule has 1 saturated heterocycles. The van der Waals surface area contributed by atoms with Crippen LogP contribution in [-0.2, 0) is 6.54 Å². The fraction of sp³-hybridized carbons (Fsp3) is 0.350. The van der Waals surface area contributed by atoms with Gasteiger partial charge in [-0.15, -0.1) is 0 Å². The minimum Gasteiger partial charge on any atom is -0.399 e. The molecule has 138 valence electrons. The van der Waals surface area contributed by atoms with Gasteiger partial charge in [0.05, 0.1) is 0 Å². The van der Waals surface area contributed by atoms with Crippen LogP contribution in [0.5, 0.6) is 0 Å². The van der Waals surface area contributed by atoms with Crippen LogP contribution in [0.2, 0.25) is 0 Å². The molecule has 1 amide bonds. The van der Waals surface area contributed by atoms with Gasteiger partial charge in [0.1, 0.15) is 0 Å². The number of nitrogens with zero attached hydrogens (tertiary/aromatic N) is 1. The van der Waals surface area contributed by atoms with Gasteiger partial charge in [0, 0.05) is 36.9 Å². The summed E-state index contributed by atoms with van der Waals surface area (Å²) in [5.41, 5.74) is 8.60. The SMILES string of the molecule is Cc1ccc(N)cc1C(=O)NC1CCN(Cc2ccc(F)c(F)c2)CC1. The zero-order chi connectivity index (χ0) is 18.7. The van der Waals surface area contributed by atoms with Crippen molar-refractivity contribution >= 4 is 11.6 Å². The zero-order valence-corrected chi connectivity index (χ0v) is 14.8. The van der Waals surface area contributed by atoms with Gasteiger partial charge < -0.3 is 11.1 Å². The maximum Gasteiger partial charge on any atom is 0.251 e. The smallest absolute Gasteiger partial charge is 0.251 e. The van der Waals surface area contributed by atoms with E-state index in [4.69, 9.17) is 5.73 Å². The summed E-state index contributed by atoms with van der Waals surface area (Å²) in [6.07, 6.45) is 1.63. The minimum atomic E-state index is -0.827. The average molecular weight is 359 g/mol. The third kappa shape index (κ3) is 4.38. The number of nitrogens with two attached hydrogens (primary N) is 1. The van der Waals surface area contributed by atoms with Crippen LogP contribution in [0.4, 0.5) is 14.5 Å². The number of likely N-dealkylation sites (tertiary alicyclic amines) is 1. The number of nitrogens with one attached hydrogen (secondary N) is 1. The molecule has 4 nitrogen and oxygen atoms in total. The fourth-order valence-electron chi connectivity index (χ4n) is 3.28. The lowest BCUT2D eigenvalue weighted by molar-refractivity contribution is 0.0908. The Morgan fingerprint density at radius 1 is 1.15 bits per heavy atom. The van der Waals surface area contributed by atoms with E-state index in [1.165, 1.54) is 6.07 Å². The summed E-state index contributed by atoms with van der Waals surface area (Å²) in [6.45, 7) is 4.05. The second-order valence-electron chi connectivity index (χ2n) is 6.85. The number of nitrogen functional groups attached to an aromatic ring is 1. The van der Waals surface area contributed by atoms with E-state index < -0.39 is 11.6 Å². The molecule has 2 aromatic rings. The largest absolute Gasteiger partial charge is 0.399 e. The molecule has 1 heterocycles. The van der Waals surface area contributed by atoms with Crippen LogP contribution in [0.15, 0.2) is 36.4 Å². The molecule has 1 fully saturated rings. The Kier molecular flexibility index (Phi) is 5.52. The standard InChI is InChI=1S/C20H23F2N3O/c1-13-2-4-15(23)11-17(13)20(26)24-16-6-8-25(9-7-16)12-14-3-5-18(21)19(22)10-14/h2-5,10-11,16H,6-9,12,23H2,1H3,(H,24,26). The highest BCUT2D eigenvalue weighted by Gasteiger charge is 2.22. The van der Waals surface area contributed by atoms with Crippen molar-refractivity contribution < 1.29 is 13.6 Å². The van der Waals surface area contributed by atoms with Crippen molar-refractivity contribution in [2.45, 2.75) is 32.4 Å². The highest BCUT2D eigenvalue weighted by atomic mass is 19.2. The van der Waals surface area contributed by atoms with Crippen LogP contribution in [0.25, 0.3) is 0 Å². The van der Waals surface area contributed by atoms with E-state index in [2.05, 4.69) is 10.2 Å². The Morgan fingerprint density at radius 3 is 2.58 bits per heavy atom. The fourth-order valence-corrected chi connectivity index (χ4v) is 3.28. The molecular weight excluding hydrogens is 336 g/mol. The molecule has 3 N–H and O–H groups in total. The van der Waals surface area contributed by atoms with E-state index in [0.29, 0.717) is 17.8 Å². The van der Waals surface area contributed by atoms with Gasteiger partial charge in [0.25, 0.3) is 5.91 Å². The molecule has 2 aromatic carbocycles. The topological polar surface area (TPSA) is 58.4 Å². The van der Waals surface area contributed by atoms with Crippen LogP contribution in [-0.4, -0.2) is 29.9 Å². The summed E-state index contributed by atoms with van der Waals surface area (Å²) in [5, 5.41) is 3.07. The molecule has 0 aromatic heterocycles. The molecule has 1 aliphatic rings. The van der Waals surface area contributed by atoms with E-state index in [9.17, 15) is 13.6 Å². The summed E-state index contributed by atoms with van der Waals surface area (Å²) in [7, 11) is 0. The number of benzene rings is 2. The van der Waals surface area contributed by atoms with Gasteiger partial charge in [-0.25, -0.2) is 8.78 Å². The molecule has 0 saturated carbocycles. The quantitative estimate of drug-likeness (QED) is 0.824. The van der Waals surface area contributed by atoms with Gasteiger partial charge in [0.15, 0.2) is 11.6 Å². The Morgan fingerprint density at radius 2 is 1.88 bits per heavy atom. The van der Waals surface area contributed by atoms with Gasteiger partial charge in [-0.2, -0.15) is 0 Å². The predicted molar refractivity (Wildman–Crippen MR) is 97.7 cm³/mol.